The Morgan fingerprint density at radius 3 is 2.21 bits per heavy atom. The van der Waals surface area contributed by atoms with Crippen molar-refractivity contribution in [1.29, 1.82) is 0 Å². The van der Waals surface area contributed by atoms with E-state index in [0.717, 1.165) is 51.7 Å². The first-order chi connectivity index (χ1) is 11.4. The van der Waals surface area contributed by atoms with Gasteiger partial charge in [0, 0.05) is 11.3 Å². The Labute approximate surface area is 146 Å². The normalized spacial score (nSPS) is 31.5. The van der Waals surface area contributed by atoms with Gasteiger partial charge in [0.2, 0.25) is 0 Å². The van der Waals surface area contributed by atoms with Crippen molar-refractivity contribution >= 4 is 5.78 Å². The Kier molecular flexibility index (Phi) is 3.96. The summed E-state index contributed by atoms with van der Waals surface area (Å²) in [7, 11) is 0. The largest absolute Gasteiger partial charge is 0.350 e. The molecule has 24 heavy (non-hydrogen) atoms. The summed E-state index contributed by atoms with van der Waals surface area (Å²) in [5.74, 6) is 0.444. The predicted octanol–water partition coefficient (Wildman–Crippen LogP) is 4.80. The summed E-state index contributed by atoms with van der Waals surface area (Å²) >= 11 is 0. The third kappa shape index (κ3) is 2.78. The van der Waals surface area contributed by atoms with Crippen LogP contribution in [0.3, 0.4) is 0 Å². The minimum Gasteiger partial charge on any atom is -0.350 e. The lowest BCUT2D eigenvalue weighted by atomic mass is 9.75. The molecule has 3 nitrogen and oxygen atoms in total. The van der Waals surface area contributed by atoms with Crippen LogP contribution < -0.4 is 0 Å². The number of carbonyl (C=O) groups is 1. The molecular formula is C21H32O3. The van der Waals surface area contributed by atoms with Gasteiger partial charge in [-0.05, 0) is 59.3 Å². The zero-order valence-corrected chi connectivity index (χ0v) is 15.6. The predicted molar refractivity (Wildman–Crippen MR) is 93.6 cm³/mol. The number of Topliss-reactive ketones (excluding diaryl/α,β-unsaturated/α-hetero) is 1. The van der Waals surface area contributed by atoms with Crippen molar-refractivity contribution in [3.05, 3.63) is 11.1 Å². The SMILES string of the molecule is CC1=C(C2(C(=O)C3CCCCC3)CC2)CC2(COC(C)(C)OC2)C1. The van der Waals surface area contributed by atoms with Crippen LogP contribution in [0, 0.1) is 16.7 Å². The van der Waals surface area contributed by atoms with Crippen LogP contribution >= 0.6 is 0 Å². The molecule has 0 bridgehead atoms. The second-order valence-corrected chi connectivity index (χ2v) is 9.37. The van der Waals surface area contributed by atoms with Crippen molar-refractivity contribution in [3.63, 3.8) is 0 Å². The molecule has 2 saturated carbocycles. The van der Waals surface area contributed by atoms with Gasteiger partial charge < -0.3 is 9.47 Å². The monoisotopic (exact) mass is 332 g/mol. The molecular weight excluding hydrogens is 300 g/mol. The van der Waals surface area contributed by atoms with Crippen LogP contribution in [0.25, 0.3) is 0 Å². The maximum atomic E-state index is 13.3. The average molecular weight is 332 g/mol. The minimum atomic E-state index is -0.461. The van der Waals surface area contributed by atoms with E-state index in [1.165, 1.54) is 30.4 Å². The van der Waals surface area contributed by atoms with Crippen LogP contribution in [0.4, 0.5) is 0 Å². The zero-order valence-electron chi connectivity index (χ0n) is 15.6. The highest BCUT2D eigenvalue weighted by Gasteiger charge is 2.58. The van der Waals surface area contributed by atoms with Gasteiger partial charge in [0.15, 0.2) is 5.79 Å². The van der Waals surface area contributed by atoms with E-state index < -0.39 is 5.79 Å². The number of ketones is 1. The molecule has 4 rings (SSSR count). The fourth-order valence-corrected chi connectivity index (χ4v) is 5.35. The number of allylic oxidation sites excluding steroid dienone is 2. The van der Waals surface area contributed by atoms with E-state index in [9.17, 15) is 4.79 Å². The third-order valence-electron chi connectivity index (χ3n) is 6.93. The summed E-state index contributed by atoms with van der Waals surface area (Å²) in [6.45, 7) is 7.75. The summed E-state index contributed by atoms with van der Waals surface area (Å²) in [5, 5.41) is 0. The van der Waals surface area contributed by atoms with Gasteiger partial charge in [-0.1, -0.05) is 30.4 Å². The van der Waals surface area contributed by atoms with Gasteiger partial charge in [-0.2, -0.15) is 0 Å². The Bertz CT molecular complexity index is 552. The minimum absolute atomic E-state index is 0.0807. The van der Waals surface area contributed by atoms with Crippen LogP contribution in [-0.2, 0) is 14.3 Å². The maximum absolute atomic E-state index is 13.3. The van der Waals surface area contributed by atoms with E-state index in [0.29, 0.717) is 11.7 Å². The highest BCUT2D eigenvalue weighted by atomic mass is 16.7. The molecule has 0 N–H and O–H groups in total. The van der Waals surface area contributed by atoms with E-state index >= 15 is 0 Å². The molecule has 0 radical (unpaired) electrons. The topological polar surface area (TPSA) is 35.5 Å². The van der Waals surface area contributed by atoms with Crippen LogP contribution in [0.2, 0.25) is 0 Å². The standard InChI is InChI=1S/C21H32O3/c1-15-11-20(13-23-19(2,3)24-14-20)12-17(15)21(9-10-21)18(22)16-7-5-4-6-8-16/h16H,4-14H2,1-3H3. The van der Waals surface area contributed by atoms with Gasteiger partial charge in [-0.25, -0.2) is 0 Å². The lowest BCUT2D eigenvalue weighted by Gasteiger charge is -2.42. The second-order valence-electron chi connectivity index (χ2n) is 9.37. The fraction of sp³-hybridized carbons (Fsp3) is 0.857. The second kappa shape index (κ2) is 5.67. The molecule has 0 amide bonds. The van der Waals surface area contributed by atoms with Gasteiger partial charge in [0.1, 0.15) is 5.78 Å². The first kappa shape index (κ1) is 16.8. The Balaban J connectivity index is 1.50. The third-order valence-corrected chi connectivity index (χ3v) is 6.93. The number of rotatable bonds is 3. The summed E-state index contributed by atoms with van der Waals surface area (Å²) < 4.78 is 12.0. The smallest absolute Gasteiger partial charge is 0.162 e. The van der Waals surface area contributed by atoms with Crippen molar-refractivity contribution in [1.82, 2.24) is 0 Å². The molecule has 0 aromatic heterocycles. The van der Waals surface area contributed by atoms with Crippen LogP contribution in [0.15, 0.2) is 11.1 Å². The van der Waals surface area contributed by atoms with E-state index in [1.807, 2.05) is 13.8 Å². The van der Waals surface area contributed by atoms with E-state index in [4.69, 9.17) is 9.47 Å². The fourth-order valence-electron chi connectivity index (χ4n) is 5.35. The summed E-state index contributed by atoms with van der Waals surface area (Å²) in [6, 6.07) is 0. The number of hydrogen-bond donors (Lipinski definition) is 0. The van der Waals surface area contributed by atoms with E-state index in [2.05, 4.69) is 6.92 Å². The van der Waals surface area contributed by atoms with E-state index in [-0.39, 0.29) is 10.8 Å². The molecule has 0 aromatic rings. The molecule has 1 aliphatic heterocycles. The highest BCUT2D eigenvalue weighted by molar-refractivity contribution is 5.93. The molecule has 3 fully saturated rings. The van der Waals surface area contributed by atoms with Crippen molar-refractivity contribution in [2.24, 2.45) is 16.7 Å². The average Bonchev–Trinajstić information content (AvgIpc) is 3.31. The molecule has 0 aromatic carbocycles. The number of hydrogen-bond acceptors (Lipinski definition) is 3. The summed E-state index contributed by atoms with van der Waals surface area (Å²) in [4.78, 5) is 13.3. The Hall–Kier alpha value is -0.670. The number of carbonyl (C=O) groups excluding carboxylic acids is 1. The molecule has 3 heteroatoms. The lowest BCUT2D eigenvalue weighted by Crippen LogP contribution is -2.45. The van der Waals surface area contributed by atoms with Gasteiger partial charge in [0.25, 0.3) is 0 Å². The Morgan fingerprint density at radius 2 is 1.62 bits per heavy atom. The van der Waals surface area contributed by atoms with Gasteiger partial charge >= 0.3 is 0 Å². The molecule has 0 unspecified atom stereocenters. The zero-order chi connectivity index (χ0) is 17.0. The molecule has 1 heterocycles. The van der Waals surface area contributed by atoms with Crippen molar-refractivity contribution in [2.45, 2.75) is 84.3 Å². The first-order valence-corrected chi connectivity index (χ1v) is 9.87. The Morgan fingerprint density at radius 1 is 1.00 bits per heavy atom. The van der Waals surface area contributed by atoms with Crippen LogP contribution in [-0.4, -0.2) is 24.8 Å². The van der Waals surface area contributed by atoms with E-state index in [1.54, 1.807) is 0 Å². The van der Waals surface area contributed by atoms with Gasteiger partial charge in [0.05, 0.1) is 18.6 Å². The number of ether oxygens (including phenoxy) is 2. The summed E-state index contributed by atoms with van der Waals surface area (Å²) in [5.41, 5.74) is 2.90. The summed E-state index contributed by atoms with van der Waals surface area (Å²) in [6.07, 6.45) is 10.3. The van der Waals surface area contributed by atoms with Gasteiger partial charge in [-0.15, -0.1) is 0 Å². The highest BCUT2D eigenvalue weighted by Crippen LogP contribution is 2.62. The quantitative estimate of drug-likeness (QED) is 0.697. The molecule has 1 spiro atoms. The molecule has 134 valence electrons. The van der Waals surface area contributed by atoms with Gasteiger partial charge in [-0.3, -0.25) is 4.79 Å². The molecule has 1 saturated heterocycles. The lowest BCUT2D eigenvalue weighted by molar-refractivity contribution is -0.283. The van der Waals surface area contributed by atoms with Crippen molar-refractivity contribution in [2.75, 3.05) is 13.2 Å². The molecule has 4 aliphatic rings. The maximum Gasteiger partial charge on any atom is 0.162 e. The van der Waals surface area contributed by atoms with Crippen LogP contribution in [0.1, 0.15) is 78.6 Å². The molecule has 0 atom stereocenters. The van der Waals surface area contributed by atoms with Crippen molar-refractivity contribution < 1.29 is 14.3 Å². The molecule has 3 aliphatic carbocycles. The van der Waals surface area contributed by atoms with Crippen LogP contribution in [0.5, 0.6) is 0 Å². The first-order valence-electron chi connectivity index (χ1n) is 9.87. The van der Waals surface area contributed by atoms with Crippen molar-refractivity contribution in [3.8, 4) is 0 Å².